The van der Waals surface area contributed by atoms with Crippen LogP contribution in [-0.4, -0.2) is 15.3 Å². The first-order valence-electron chi connectivity index (χ1n) is 5.84. The summed E-state index contributed by atoms with van der Waals surface area (Å²) in [6.07, 6.45) is 5.36. The number of aromatic nitrogens is 2. The lowest BCUT2D eigenvalue weighted by molar-refractivity contribution is 0.0821. The van der Waals surface area contributed by atoms with E-state index in [-0.39, 0.29) is 11.8 Å². The van der Waals surface area contributed by atoms with Gasteiger partial charge >= 0.3 is 0 Å². The highest BCUT2D eigenvalue weighted by Crippen LogP contribution is 2.49. The first kappa shape index (κ1) is 11.5. The summed E-state index contributed by atoms with van der Waals surface area (Å²) in [5.74, 6) is 0.0989. The fourth-order valence-corrected chi connectivity index (χ4v) is 3.07. The van der Waals surface area contributed by atoms with Gasteiger partial charge in [0, 0.05) is 18.0 Å². The van der Waals surface area contributed by atoms with Gasteiger partial charge in [0.2, 0.25) is 0 Å². The summed E-state index contributed by atoms with van der Waals surface area (Å²) in [5, 5.41) is 0.535. The molecule has 0 saturated carbocycles. The van der Waals surface area contributed by atoms with Crippen LogP contribution in [0.2, 0.25) is 5.02 Å². The lowest BCUT2D eigenvalue weighted by Gasteiger charge is -2.27. The number of nitrogens with zero attached hydrogens (tertiary/aromatic N) is 2. The van der Waals surface area contributed by atoms with Crippen LogP contribution in [-0.2, 0) is 0 Å². The molecule has 0 amide bonds. The predicted molar refractivity (Wildman–Crippen MR) is 69.9 cm³/mol. The van der Waals surface area contributed by atoms with E-state index in [1.807, 2.05) is 36.7 Å². The van der Waals surface area contributed by atoms with Gasteiger partial charge in [0.1, 0.15) is 0 Å². The number of fused-ring (bicyclic) bond motifs is 1. The van der Waals surface area contributed by atoms with Gasteiger partial charge in [-0.15, -0.1) is 0 Å². The van der Waals surface area contributed by atoms with E-state index in [0.29, 0.717) is 10.6 Å². The number of ketones is 1. The molecule has 1 aliphatic carbocycles. The zero-order valence-electron chi connectivity index (χ0n) is 10.2. The summed E-state index contributed by atoms with van der Waals surface area (Å²) in [4.78, 5) is 16.6. The quantitative estimate of drug-likeness (QED) is 0.788. The van der Waals surface area contributed by atoms with Crippen molar-refractivity contribution in [3.8, 4) is 0 Å². The molecule has 92 valence electrons. The first-order chi connectivity index (χ1) is 8.53. The topological polar surface area (TPSA) is 34.9 Å². The van der Waals surface area contributed by atoms with Gasteiger partial charge in [-0.25, -0.2) is 4.98 Å². The van der Waals surface area contributed by atoms with Crippen LogP contribution < -0.4 is 0 Å². The standard InChI is InChI=1S/C14H13ClN2O/c1-14(2)12(17-7-6-16-8-17)9-4-3-5-10(15)11(9)13(14)18/h3-8,12H,1-2H3. The number of rotatable bonds is 1. The minimum atomic E-state index is -0.506. The Balaban J connectivity index is 2.28. The monoisotopic (exact) mass is 260 g/mol. The Morgan fingerprint density at radius 3 is 2.83 bits per heavy atom. The summed E-state index contributed by atoms with van der Waals surface area (Å²) in [6.45, 7) is 3.91. The highest BCUT2D eigenvalue weighted by Gasteiger charge is 2.48. The maximum absolute atomic E-state index is 12.5. The fourth-order valence-electron chi connectivity index (χ4n) is 2.80. The molecule has 0 fully saturated rings. The molecule has 0 bridgehead atoms. The van der Waals surface area contributed by atoms with Crippen LogP contribution in [0.3, 0.4) is 0 Å². The first-order valence-corrected chi connectivity index (χ1v) is 6.22. The Morgan fingerprint density at radius 1 is 1.39 bits per heavy atom. The van der Waals surface area contributed by atoms with Crippen LogP contribution in [0.25, 0.3) is 0 Å². The normalized spacial score (nSPS) is 21.1. The Labute approximate surface area is 110 Å². The zero-order chi connectivity index (χ0) is 12.9. The smallest absolute Gasteiger partial charge is 0.172 e. The summed E-state index contributed by atoms with van der Waals surface area (Å²) in [7, 11) is 0. The van der Waals surface area contributed by atoms with Gasteiger partial charge < -0.3 is 4.57 Å². The number of hydrogen-bond acceptors (Lipinski definition) is 2. The van der Waals surface area contributed by atoms with Gasteiger partial charge in [-0.1, -0.05) is 37.6 Å². The SMILES string of the molecule is CC1(C)C(=O)c2c(Cl)cccc2C1n1ccnc1. The molecule has 18 heavy (non-hydrogen) atoms. The molecule has 1 unspecified atom stereocenters. The molecule has 2 aromatic rings. The van der Waals surface area contributed by atoms with Gasteiger partial charge in [-0.2, -0.15) is 0 Å². The average molecular weight is 261 g/mol. The lowest BCUT2D eigenvalue weighted by atomic mass is 9.84. The van der Waals surface area contributed by atoms with Crippen LogP contribution in [0.15, 0.2) is 36.9 Å². The second kappa shape index (κ2) is 3.69. The van der Waals surface area contributed by atoms with Gasteiger partial charge in [0.25, 0.3) is 0 Å². The highest BCUT2D eigenvalue weighted by atomic mass is 35.5. The summed E-state index contributed by atoms with van der Waals surface area (Å²) in [6, 6.07) is 5.59. The van der Waals surface area contributed by atoms with Crippen LogP contribution in [0.4, 0.5) is 0 Å². The van der Waals surface area contributed by atoms with E-state index in [1.165, 1.54) is 0 Å². The number of carbonyl (C=O) groups is 1. The third-order valence-electron chi connectivity index (χ3n) is 3.66. The van der Waals surface area contributed by atoms with E-state index in [0.717, 1.165) is 5.56 Å². The van der Waals surface area contributed by atoms with Crippen LogP contribution in [0.1, 0.15) is 35.8 Å². The van der Waals surface area contributed by atoms with E-state index in [2.05, 4.69) is 4.98 Å². The Bertz CT molecular complexity index is 617. The number of hydrogen-bond donors (Lipinski definition) is 0. The second-order valence-corrected chi connectivity index (χ2v) is 5.57. The minimum absolute atomic E-state index is 0.0406. The van der Waals surface area contributed by atoms with Gasteiger partial charge in [-0.3, -0.25) is 4.79 Å². The molecule has 3 nitrogen and oxygen atoms in total. The molecule has 4 heteroatoms. The molecule has 0 aliphatic heterocycles. The fraction of sp³-hybridized carbons (Fsp3) is 0.286. The van der Waals surface area contributed by atoms with Crippen molar-refractivity contribution in [1.82, 2.24) is 9.55 Å². The Kier molecular flexibility index (Phi) is 2.35. The molecule has 1 aromatic heterocycles. The molecule has 1 aromatic carbocycles. The molecule has 1 atom stereocenters. The number of halogens is 1. The maximum atomic E-state index is 12.5. The van der Waals surface area contributed by atoms with Crippen LogP contribution in [0.5, 0.6) is 0 Å². The third kappa shape index (κ3) is 1.37. The van der Waals surface area contributed by atoms with Crippen LogP contribution >= 0.6 is 11.6 Å². The van der Waals surface area contributed by atoms with Crippen LogP contribution in [0, 0.1) is 5.41 Å². The van der Waals surface area contributed by atoms with E-state index in [1.54, 1.807) is 18.6 Å². The van der Waals surface area contributed by atoms with Crippen molar-refractivity contribution in [2.24, 2.45) is 5.41 Å². The van der Waals surface area contributed by atoms with Crippen molar-refractivity contribution in [2.45, 2.75) is 19.9 Å². The molecule has 0 radical (unpaired) electrons. The number of carbonyl (C=O) groups excluding carboxylic acids is 1. The number of benzene rings is 1. The molecule has 0 N–H and O–H groups in total. The van der Waals surface area contributed by atoms with Crippen molar-refractivity contribution in [3.05, 3.63) is 53.1 Å². The van der Waals surface area contributed by atoms with Gasteiger partial charge in [-0.05, 0) is 11.6 Å². The van der Waals surface area contributed by atoms with Crippen molar-refractivity contribution >= 4 is 17.4 Å². The van der Waals surface area contributed by atoms with E-state index in [4.69, 9.17) is 11.6 Å². The highest BCUT2D eigenvalue weighted by molar-refractivity contribution is 6.34. The number of Topliss-reactive ketones (excluding diaryl/α,β-unsaturated/α-hetero) is 1. The number of imidazole rings is 1. The molecule has 0 spiro atoms. The molecule has 1 aliphatic rings. The Morgan fingerprint density at radius 2 is 2.17 bits per heavy atom. The molecule has 0 saturated heterocycles. The van der Waals surface area contributed by atoms with Gasteiger partial charge in [0.05, 0.1) is 22.8 Å². The molecular formula is C14H13ClN2O. The van der Waals surface area contributed by atoms with Gasteiger partial charge in [0.15, 0.2) is 5.78 Å². The van der Waals surface area contributed by atoms with Crippen molar-refractivity contribution < 1.29 is 4.79 Å². The summed E-state index contributed by atoms with van der Waals surface area (Å²) < 4.78 is 1.97. The van der Waals surface area contributed by atoms with Crippen molar-refractivity contribution in [3.63, 3.8) is 0 Å². The largest absolute Gasteiger partial charge is 0.329 e. The van der Waals surface area contributed by atoms with Crippen molar-refractivity contribution in [1.29, 1.82) is 0 Å². The zero-order valence-corrected chi connectivity index (χ0v) is 11.0. The average Bonchev–Trinajstić information content (AvgIpc) is 2.87. The summed E-state index contributed by atoms with van der Waals surface area (Å²) >= 11 is 6.17. The van der Waals surface area contributed by atoms with E-state index in [9.17, 15) is 4.79 Å². The summed E-state index contributed by atoms with van der Waals surface area (Å²) in [5.41, 5.74) is 1.13. The molecular weight excluding hydrogens is 248 g/mol. The van der Waals surface area contributed by atoms with E-state index < -0.39 is 5.41 Å². The minimum Gasteiger partial charge on any atom is -0.329 e. The second-order valence-electron chi connectivity index (χ2n) is 5.17. The third-order valence-corrected chi connectivity index (χ3v) is 3.97. The Hall–Kier alpha value is -1.61. The lowest BCUT2D eigenvalue weighted by Crippen LogP contribution is -2.28. The molecule has 3 rings (SSSR count). The maximum Gasteiger partial charge on any atom is 0.172 e. The predicted octanol–water partition coefficient (Wildman–Crippen LogP) is 3.35. The molecule has 1 heterocycles. The van der Waals surface area contributed by atoms with Crippen molar-refractivity contribution in [2.75, 3.05) is 0 Å². The van der Waals surface area contributed by atoms with E-state index >= 15 is 0 Å².